The molecule has 58 valence electrons. The Balaban J connectivity index is 3.04. The number of carbonyl (C=O) groups is 1. The number of rotatable bonds is 0. The van der Waals surface area contributed by atoms with Crippen molar-refractivity contribution in [2.75, 3.05) is 0 Å². The van der Waals surface area contributed by atoms with E-state index in [1.54, 1.807) is 4.72 Å². The summed E-state index contributed by atoms with van der Waals surface area (Å²) in [6.07, 6.45) is 0. The summed E-state index contributed by atoms with van der Waals surface area (Å²) in [5.41, 5.74) is 5.21. The van der Waals surface area contributed by atoms with Gasteiger partial charge in [-0.2, -0.15) is 0 Å². The van der Waals surface area contributed by atoms with Gasteiger partial charge in [-0.25, -0.2) is 8.42 Å². The third-order valence-corrected chi connectivity index (χ3v) is 3.30. The molecule has 2 unspecified atom stereocenters. The first-order valence-electron chi connectivity index (χ1n) is 2.76. The van der Waals surface area contributed by atoms with Crippen molar-refractivity contribution in [3.05, 3.63) is 0 Å². The van der Waals surface area contributed by atoms with Crippen LogP contribution in [0.5, 0.6) is 0 Å². The number of nitrogens with two attached hydrogens (primary N) is 1. The Morgan fingerprint density at radius 2 is 2.10 bits per heavy atom. The smallest absolute Gasteiger partial charge is 0.251 e. The Hall–Kier alpha value is -0.620. The topological polar surface area (TPSA) is 89.3 Å². The van der Waals surface area contributed by atoms with Gasteiger partial charge in [-0.3, -0.25) is 9.52 Å². The van der Waals surface area contributed by atoms with Gasteiger partial charge in [-0.15, -0.1) is 0 Å². The maximum atomic E-state index is 10.8. The minimum absolute atomic E-state index is 0.618. The number of hydrogen-bond acceptors (Lipinski definition) is 4. The predicted molar refractivity (Wildman–Crippen MR) is 34.5 cm³/mol. The molecule has 1 aliphatic heterocycles. The van der Waals surface area contributed by atoms with E-state index in [1.807, 2.05) is 0 Å². The fourth-order valence-electron chi connectivity index (χ4n) is 0.707. The average molecular weight is 164 g/mol. The first-order chi connectivity index (χ1) is 4.45. The van der Waals surface area contributed by atoms with Crippen LogP contribution in [0.3, 0.4) is 0 Å². The van der Waals surface area contributed by atoms with Crippen molar-refractivity contribution in [3.8, 4) is 0 Å². The second kappa shape index (κ2) is 1.93. The second-order valence-corrected chi connectivity index (χ2v) is 4.28. The summed E-state index contributed by atoms with van der Waals surface area (Å²) in [5, 5.41) is -0.806. The van der Waals surface area contributed by atoms with Gasteiger partial charge in [-0.05, 0) is 6.92 Å². The predicted octanol–water partition coefficient (Wildman–Crippen LogP) is -1.84. The van der Waals surface area contributed by atoms with Crippen LogP contribution in [0.2, 0.25) is 0 Å². The van der Waals surface area contributed by atoms with Gasteiger partial charge >= 0.3 is 0 Å². The summed E-state index contributed by atoms with van der Waals surface area (Å²) in [7, 11) is -3.45. The van der Waals surface area contributed by atoms with Gasteiger partial charge in [-0.1, -0.05) is 0 Å². The van der Waals surface area contributed by atoms with Crippen molar-refractivity contribution in [2.24, 2.45) is 5.73 Å². The summed E-state index contributed by atoms with van der Waals surface area (Å²) in [6, 6.07) is -0.912. The third-order valence-electron chi connectivity index (χ3n) is 1.54. The van der Waals surface area contributed by atoms with Crippen LogP contribution in [0.1, 0.15) is 6.92 Å². The molecule has 0 bridgehead atoms. The lowest BCUT2D eigenvalue weighted by molar-refractivity contribution is -0.119. The highest BCUT2D eigenvalue weighted by Crippen LogP contribution is 2.09. The molecule has 6 heteroatoms. The third kappa shape index (κ3) is 0.889. The molecule has 10 heavy (non-hydrogen) atoms. The van der Waals surface area contributed by atoms with Gasteiger partial charge in [0.05, 0.1) is 0 Å². The van der Waals surface area contributed by atoms with Crippen LogP contribution in [-0.2, 0) is 14.8 Å². The van der Waals surface area contributed by atoms with Crippen molar-refractivity contribution < 1.29 is 13.2 Å². The highest BCUT2D eigenvalue weighted by atomic mass is 32.2. The highest BCUT2D eigenvalue weighted by molar-refractivity contribution is 7.91. The molecular formula is C4H8N2O3S. The van der Waals surface area contributed by atoms with E-state index in [-0.39, 0.29) is 0 Å². The quantitative estimate of drug-likeness (QED) is 0.440. The summed E-state index contributed by atoms with van der Waals surface area (Å²) in [6.45, 7) is 1.40. The molecule has 1 heterocycles. The number of carbonyl (C=O) groups excluding carboxylic acids is 1. The van der Waals surface area contributed by atoms with Gasteiger partial charge in [0, 0.05) is 0 Å². The van der Waals surface area contributed by atoms with E-state index >= 15 is 0 Å². The van der Waals surface area contributed by atoms with Crippen LogP contribution >= 0.6 is 0 Å². The molecule has 1 amide bonds. The van der Waals surface area contributed by atoms with E-state index in [4.69, 9.17) is 5.73 Å². The number of nitrogens with one attached hydrogen (secondary N) is 1. The summed E-state index contributed by atoms with van der Waals surface area (Å²) in [5.74, 6) is -0.618. The Kier molecular flexibility index (Phi) is 1.44. The molecule has 1 saturated heterocycles. The molecule has 0 radical (unpaired) electrons. The van der Waals surface area contributed by atoms with E-state index in [1.165, 1.54) is 6.92 Å². The van der Waals surface area contributed by atoms with Gasteiger partial charge in [0.2, 0.25) is 10.0 Å². The molecule has 0 aromatic carbocycles. The van der Waals surface area contributed by atoms with Crippen LogP contribution in [0.4, 0.5) is 0 Å². The van der Waals surface area contributed by atoms with Crippen LogP contribution < -0.4 is 10.5 Å². The molecule has 3 N–H and O–H groups in total. The standard InChI is InChI=1S/C4H8N2O3S/c1-2-3(5)4(7)6-10(2,8)9/h2-3H,5H2,1H3,(H,6,7). The lowest BCUT2D eigenvalue weighted by atomic mass is 10.2. The Labute approximate surface area is 58.6 Å². The highest BCUT2D eigenvalue weighted by Gasteiger charge is 2.40. The Morgan fingerprint density at radius 1 is 1.60 bits per heavy atom. The molecule has 0 saturated carbocycles. The SMILES string of the molecule is CC1C(N)C(=O)NS1(=O)=O. The monoisotopic (exact) mass is 164 g/mol. The van der Waals surface area contributed by atoms with Gasteiger partial charge in [0.1, 0.15) is 11.3 Å². The molecule has 0 aromatic heterocycles. The van der Waals surface area contributed by atoms with Crippen molar-refractivity contribution in [2.45, 2.75) is 18.2 Å². The van der Waals surface area contributed by atoms with E-state index in [2.05, 4.69) is 0 Å². The number of hydrogen-bond donors (Lipinski definition) is 2. The fraction of sp³-hybridized carbons (Fsp3) is 0.750. The number of amides is 1. The number of sulfonamides is 1. The minimum Gasteiger partial charge on any atom is -0.319 e. The largest absolute Gasteiger partial charge is 0.319 e. The maximum absolute atomic E-state index is 10.8. The van der Waals surface area contributed by atoms with Crippen molar-refractivity contribution >= 4 is 15.9 Å². The Morgan fingerprint density at radius 3 is 2.20 bits per heavy atom. The fourth-order valence-corrected chi connectivity index (χ4v) is 1.82. The molecule has 5 nitrogen and oxygen atoms in total. The summed E-state index contributed by atoms with van der Waals surface area (Å²) >= 11 is 0. The molecule has 0 spiro atoms. The van der Waals surface area contributed by atoms with Crippen molar-refractivity contribution in [1.82, 2.24) is 4.72 Å². The zero-order chi connectivity index (χ0) is 7.94. The minimum atomic E-state index is -3.45. The molecular weight excluding hydrogens is 156 g/mol. The van der Waals surface area contributed by atoms with Gasteiger partial charge in [0.15, 0.2) is 0 Å². The van der Waals surface area contributed by atoms with E-state index in [0.717, 1.165) is 0 Å². The molecule has 0 aromatic rings. The van der Waals surface area contributed by atoms with Crippen LogP contribution in [0.15, 0.2) is 0 Å². The first kappa shape index (κ1) is 7.49. The molecule has 1 aliphatic rings. The van der Waals surface area contributed by atoms with Crippen LogP contribution in [0.25, 0.3) is 0 Å². The molecule has 1 fully saturated rings. The van der Waals surface area contributed by atoms with E-state index in [9.17, 15) is 13.2 Å². The zero-order valence-corrected chi connectivity index (χ0v) is 6.18. The van der Waals surface area contributed by atoms with Crippen molar-refractivity contribution in [3.63, 3.8) is 0 Å². The van der Waals surface area contributed by atoms with Crippen molar-refractivity contribution in [1.29, 1.82) is 0 Å². The lowest BCUT2D eigenvalue weighted by Crippen LogP contribution is -2.35. The van der Waals surface area contributed by atoms with Crippen LogP contribution in [-0.4, -0.2) is 25.6 Å². The Bertz CT molecular complexity index is 258. The zero-order valence-electron chi connectivity index (χ0n) is 5.37. The van der Waals surface area contributed by atoms with Gasteiger partial charge < -0.3 is 5.73 Å². The molecule has 2 atom stereocenters. The molecule has 0 aliphatic carbocycles. The van der Waals surface area contributed by atoms with Crippen LogP contribution in [0, 0.1) is 0 Å². The average Bonchev–Trinajstić information content (AvgIpc) is 1.95. The maximum Gasteiger partial charge on any atom is 0.251 e. The second-order valence-electron chi connectivity index (χ2n) is 2.24. The summed E-state index contributed by atoms with van der Waals surface area (Å²) in [4.78, 5) is 10.6. The van der Waals surface area contributed by atoms with E-state index < -0.39 is 27.2 Å². The summed E-state index contributed by atoms with van der Waals surface area (Å²) < 4.78 is 23.3. The van der Waals surface area contributed by atoms with Gasteiger partial charge in [0.25, 0.3) is 5.91 Å². The van der Waals surface area contributed by atoms with E-state index in [0.29, 0.717) is 0 Å². The first-order valence-corrected chi connectivity index (χ1v) is 4.31. The lowest BCUT2D eigenvalue weighted by Gasteiger charge is -2.01. The molecule has 1 rings (SSSR count). The normalized spacial score (nSPS) is 37.6.